The molecule has 0 bridgehead atoms. The van der Waals surface area contributed by atoms with E-state index in [1.807, 2.05) is 30.3 Å². The number of nitrogens with one attached hydrogen (secondary N) is 1. The molecule has 98 valence electrons. The standard InChI is InChI=1S/C14H20N2O2/c1-14(9-18-10-14)8-16-13(17)7-12(15)11-5-3-2-4-6-11/h2-6,12H,7-10,15H2,1H3,(H,16,17). The fraction of sp³-hybridized carbons (Fsp3) is 0.500. The molecule has 1 aromatic carbocycles. The van der Waals surface area contributed by atoms with Crippen molar-refractivity contribution in [2.24, 2.45) is 11.1 Å². The number of carbonyl (C=O) groups is 1. The summed E-state index contributed by atoms with van der Waals surface area (Å²) in [5.41, 5.74) is 7.09. The number of nitrogens with two attached hydrogens (primary N) is 1. The number of hydrogen-bond acceptors (Lipinski definition) is 3. The summed E-state index contributed by atoms with van der Waals surface area (Å²) in [6, 6.07) is 9.45. The molecule has 0 aromatic heterocycles. The van der Waals surface area contributed by atoms with Crippen LogP contribution in [-0.4, -0.2) is 25.7 Å². The lowest BCUT2D eigenvalue weighted by molar-refractivity contribution is -0.127. The first-order chi connectivity index (χ1) is 8.59. The van der Waals surface area contributed by atoms with Gasteiger partial charge in [0.15, 0.2) is 0 Å². The van der Waals surface area contributed by atoms with Gasteiger partial charge in [0.2, 0.25) is 5.91 Å². The second kappa shape index (κ2) is 5.50. The maximum Gasteiger partial charge on any atom is 0.221 e. The molecule has 0 radical (unpaired) electrons. The predicted octanol–water partition coefficient (Wildman–Crippen LogP) is 1.23. The molecule has 1 saturated heterocycles. The summed E-state index contributed by atoms with van der Waals surface area (Å²) >= 11 is 0. The van der Waals surface area contributed by atoms with Crippen LogP contribution >= 0.6 is 0 Å². The Morgan fingerprint density at radius 2 is 2.11 bits per heavy atom. The maximum absolute atomic E-state index is 11.8. The van der Waals surface area contributed by atoms with Crippen LogP contribution in [-0.2, 0) is 9.53 Å². The van der Waals surface area contributed by atoms with E-state index in [1.54, 1.807) is 0 Å². The smallest absolute Gasteiger partial charge is 0.221 e. The summed E-state index contributed by atoms with van der Waals surface area (Å²) < 4.78 is 5.14. The summed E-state index contributed by atoms with van der Waals surface area (Å²) in [6.07, 6.45) is 0.320. The van der Waals surface area contributed by atoms with Gasteiger partial charge in [0.25, 0.3) is 0 Å². The van der Waals surface area contributed by atoms with E-state index in [-0.39, 0.29) is 17.4 Å². The maximum atomic E-state index is 11.8. The number of hydrogen-bond donors (Lipinski definition) is 2. The molecule has 1 unspecified atom stereocenters. The Balaban J connectivity index is 1.77. The Labute approximate surface area is 108 Å². The van der Waals surface area contributed by atoms with Crippen LogP contribution in [0, 0.1) is 5.41 Å². The second-order valence-electron chi connectivity index (χ2n) is 5.30. The summed E-state index contributed by atoms with van der Waals surface area (Å²) in [6.45, 7) is 4.21. The van der Waals surface area contributed by atoms with Crippen LogP contribution in [0.25, 0.3) is 0 Å². The molecule has 1 amide bonds. The van der Waals surface area contributed by atoms with Gasteiger partial charge in [-0.05, 0) is 5.56 Å². The van der Waals surface area contributed by atoms with Crippen molar-refractivity contribution >= 4 is 5.91 Å². The summed E-state index contributed by atoms with van der Waals surface area (Å²) in [7, 11) is 0. The average Bonchev–Trinajstić information content (AvgIpc) is 2.35. The highest BCUT2D eigenvalue weighted by Crippen LogP contribution is 2.25. The van der Waals surface area contributed by atoms with Crippen LogP contribution in [0.5, 0.6) is 0 Å². The Morgan fingerprint density at radius 3 is 2.67 bits per heavy atom. The van der Waals surface area contributed by atoms with Gasteiger partial charge in [-0.2, -0.15) is 0 Å². The second-order valence-corrected chi connectivity index (χ2v) is 5.30. The molecule has 4 heteroatoms. The summed E-state index contributed by atoms with van der Waals surface area (Å²) in [5, 5.41) is 2.93. The highest BCUT2D eigenvalue weighted by molar-refractivity contribution is 5.76. The fourth-order valence-corrected chi connectivity index (χ4v) is 1.95. The van der Waals surface area contributed by atoms with Crippen molar-refractivity contribution in [1.82, 2.24) is 5.32 Å². The van der Waals surface area contributed by atoms with Crippen LogP contribution in [0.2, 0.25) is 0 Å². The Morgan fingerprint density at radius 1 is 1.44 bits per heavy atom. The van der Waals surface area contributed by atoms with Crippen molar-refractivity contribution in [3.05, 3.63) is 35.9 Å². The molecule has 18 heavy (non-hydrogen) atoms. The quantitative estimate of drug-likeness (QED) is 0.823. The van der Waals surface area contributed by atoms with E-state index in [4.69, 9.17) is 10.5 Å². The molecular formula is C14H20N2O2. The van der Waals surface area contributed by atoms with Gasteiger partial charge in [0.05, 0.1) is 13.2 Å². The zero-order valence-corrected chi connectivity index (χ0v) is 10.7. The molecule has 2 rings (SSSR count). The Hall–Kier alpha value is -1.39. The molecule has 4 nitrogen and oxygen atoms in total. The molecule has 0 aliphatic carbocycles. The first kappa shape index (κ1) is 13.1. The van der Waals surface area contributed by atoms with E-state index in [2.05, 4.69) is 12.2 Å². The number of carbonyl (C=O) groups excluding carboxylic acids is 1. The van der Waals surface area contributed by atoms with Crippen LogP contribution in [0.15, 0.2) is 30.3 Å². The molecule has 1 aliphatic rings. The lowest BCUT2D eigenvalue weighted by atomic mass is 9.88. The van der Waals surface area contributed by atoms with E-state index in [0.717, 1.165) is 18.8 Å². The minimum atomic E-state index is -0.239. The third-order valence-corrected chi connectivity index (χ3v) is 3.25. The molecule has 0 spiro atoms. The summed E-state index contributed by atoms with van der Waals surface area (Å²) in [5.74, 6) is -0.000483. The molecule has 1 fully saturated rings. The van der Waals surface area contributed by atoms with E-state index in [1.165, 1.54) is 0 Å². The van der Waals surface area contributed by atoms with Gasteiger partial charge in [0, 0.05) is 24.4 Å². The monoisotopic (exact) mass is 248 g/mol. The van der Waals surface area contributed by atoms with Crippen molar-refractivity contribution in [2.75, 3.05) is 19.8 Å². The Kier molecular flexibility index (Phi) is 3.99. The highest BCUT2D eigenvalue weighted by Gasteiger charge is 2.33. The van der Waals surface area contributed by atoms with Crippen molar-refractivity contribution in [1.29, 1.82) is 0 Å². The van der Waals surface area contributed by atoms with E-state index >= 15 is 0 Å². The van der Waals surface area contributed by atoms with Crippen molar-refractivity contribution in [3.63, 3.8) is 0 Å². The lowest BCUT2D eigenvalue weighted by Gasteiger charge is -2.38. The van der Waals surface area contributed by atoms with Crippen LogP contribution < -0.4 is 11.1 Å². The molecule has 1 heterocycles. The molecule has 0 saturated carbocycles. The first-order valence-corrected chi connectivity index (χ1v) is 6.24. The van der Waals surface area contributed by atoms with Crippen LogP contribution in [0.4, 0.5) is 0 Å². The van der Waals surface area contributed by atoms with E-state index in [0.29, 0.717) is 13.0 Å². The summed E-state index contributed by atoms with van der Waals surface area (Å²) in [4.78, 5) is 11.8. The van der Waals surface area contributed by atoms with Gasteiger partial charge in [-0.25, -0.2) is 0 Å². The molecule has 1 aliphatic heterocycles. The van der Waals surface area contributed by atoms with Crippen molar-refractivity contribution in [3.8, 4) is 0 Å². The third-order valence-electron chi connectivity index (χ3n) is 3.25. The van der Waals surface area contributed by atoms with Crippen molar-refractivity contribution < 1.29 is 9.53 Å². The largest absolute Gasteiger partial charge is 0.380 e. The first-order valence-electron chi connectivity index (χ1n) is 6.24. The van der Waals surface area contributed by atoms with Gasteiger partial charge in [0.1, 0.15) is 0 Å². The van der Waals surface area contributed by atoms with Crippen molar-refractivity contribution in [2.45, 2.75) is 19.4 Å². The number of ether oxygens (including phenoxy) is 1. The van der Waals surface area contributed by atoms with Gasteiger partial charge < -0.3 is 15.8 Å². The minimum absolute atomic E-state index is 0.000483. The van der Waals surface area contributed by atoms with Gasteiger partial charge >= 0.3 is 0 Å². The highest BCUT2D eigenvalue weighted by atomic mass is 16.5. The number of rotatable bonds is 5. The van der Waals surface area contributed by atoms with Gasteiger partial charge in [-0.15, -0.1) is 0 Å². The molecule has 3 N–H and O–H groups in total. The zero-order chi connectivity index (χ0) is 13.0. The number of benzene rings is 1. The topological polar surface area (TPSA) is 64.4 Å². The Bertz CT molecular complexity index is 402. The predicted molar refractivity (Wildman–Crippen MR) is 69.9 cm³/mol. The molecule has 1 atom stereocenters. The third kappa shape index (κ3) is 3.31. The van der Waals surface area contributed by atoms with Crippen LogP contribution in [0.1, 0.15) is 24.9 Å². The SMILES string of the molecule is CC1(CNC(=O)CC(N)c2ccccc2)COC1. The average molecular weight is 248 g/mol. The van der Waals surface area contributed by atoms with Gasteiger partial charge in [-0.3, -0.25) is 4.79 Å². The minimum Gasteiger partial charge on any atom is -0.380 e. The number of amides is 1. The fourth-order valence-electron chi connectivity index (χ4n) is 1.95. The normalized spacial score (nSPS) is 18.8. The van der Waals surface area contributed by atoms with E-state index in [9.17, 15) is 4.79 Å². The van der Waals surface area contributed by atoms with Gasteiger partial charge in [-0.1, -0.05) is 37.3 Å². The van der Waals surface area contributed by atoms with E-state index < -0.39 is 0 Å². The molecule has 1 aromatic rings. The molecular weight excluding hydrogens is 228 g/mol. The lowest BCUT2D eigenvalue weighted by Crippen LogP contribution is -2.48. The zero-order valence-electron chi connectivity index (χ0n) is 10.7. The van der Waals surface area contributed by atoms with Crippen LogP contribution in [0.3, 0.4) is 0 Å².